The number of ether oxygens (including phenoxy) is 1. The zero-order valence-electron chi connectivity index (χ0n) is 11.9. The first-order chi connectivity index (χ1) is 8.99. The quantitative estimate of drug-likeness (QED) is 0.719. The van der Waals surface area contributed by atoms with Crippen molar-refractivity contribution < 1.29 is 22.7 Å². The van der Waals surface area contributed by atoms with Crippen LogP contribution in [-0.2, 0) is 19.6 Å². The minimum atomic E-state index is -3.57. The predicted octanol–water partition coefficient (Wildman–Crippen LogP) is -0.599. The summed E-state index contributed by atoms with van der Waals surface area (Å²) in [7, 11) is -3.57. The van der Waals surface area contributed by atoms with Gasteiger partial charge in [-0.25, -0.2) is 18.4 Å². The van der Waals surface area contributed by atoms with Gasteiger partial charge in [-0.2, -0.15) is 0 Å². The third-order valence-electron chi connectivity index (χ3n) is 2.67. The number of hydrogen-bond donors (Lipinski definition) is 2. The van der Waals surface area contributed by atoms with Gasteiger partial charge in [-0.05, 0) is 20.8 Å². The Balaban J connectivity index is 2.21. The lowest BCUT2D eigenvalue weighted by Gasteiger charge is -2.37. The SMILES string of the molecule is CC(C)(C)OC(=O)NCCC(=O)N1CC(S(N)(=O)=O)C1. The first kappa shape index (κ1) is 16.7. The topological polar surface area (TPSA) is 119 Å². The van der Waals surface area contributed by atoms with Crippen molar-refractivity contribution in [1.82, 2.24) is 10.2 Å². The predicted molar refractivity (Wildman–Crippen MR) is 72.3 cm³/mol. The van der Waals surface area contributed by atoms with E-state index in [0.717, 1.165) is 0 Å². The van der Waals surface area contributed by atoms with E-state index >= 15 is 0 Å². The van der Waals surface area contributed by atoms with Crippen LogP contribution in [0.4, 0.5) is 4.79 Å². The molecule has 0 aromatic heterocycles. The molecule has 1 aliphatic heterocycles. The number of carbonyl (C=O) groups excluding carboxylic acids is 2. The highest BCUT2D eigenvalue weighted by atomic mass is 32.2. The normalized spacial score (nSPS) is 16.5. The fraction of sp³-hybridized carbons (Fsp3) is 0.818. The lowest BCUT2D eigenvalue weighted by atomic mass is 10.2. The third-order valence-corrected chi connectivity index (χ3v) is 3.90. The molecular weight excluding hydrogens is 286 g/mol. The van der Waals surface area contributed by atoms with Gasteiger partial charge in [0.2, 0.25) is 15.9 Å². The van der Waals surface area contributed by atoms with E-state index in [1.54, 1.807) is 20.8 Å². The summed E-state index contributed by atoms with van der Waals surface area (Å²) in [6.07, 6.45) is -0.493. The molecule has 8 nitrogen and oxygen atoms in total. The minimum absolute atomic E-state index is 0.0938. The highest BCUT2D eigenvalue weighted by Crippen LogP contribution is 2.14. The van der Waals surface area contributed by atoms with Crippen molar-refractivity contribution in [2.24, 2.45) is 5.14 Å². The van der Waals surface area contributed by atoms with Crippen molar-refractivity contribution in [2.75, 3.05) is 19.6 Å². The standard InChI is InChI=1S/C11H21N3O5S/c1-11(2,3)19-10(16)13-5-4-9(15)14-6-8(7-14)20(12,17)18/h8H,4-7H2,1-3H3,(H,13,16)(H2,12,17,18). The zero-order chi connectivity index (χ0) is 15.6. The number of likely N-dealkylation sites (tertiary alicyclic amines) is 1. The van der Waals surface area contributed by atoms with Gasteiger partial charge in [0.15, 0.2) is 0 Å². The molecule has 2 amide bonds. The van der Waals surface area contributed by atoms with E-state index < -0.39 is 27.0 Å². The average Bonchev–Trinajstić information content (AvgIpc) is 2.08. The van der Waals surface area contributed by atoms with Crippen molar-refractivity contribution in [3.05, 3.63) is 0 Å². The molecule has 3 N–H and O–H groups in total. The molecule has 1 rings (SSSR count). The van der Waals surface area contributed by atoms with Gasteiger partial charge < -0.3 is 15.0 Å². The molecule has 0 aliphatic carbocycles. The van der Waals surface area contributed by atoms with E-state index in [9.17, 15) is 18.0 Å². The van der Waals surface area contributed by atoms with E-state index in [1.807, 2.05) is 0 Å². The van der Waals surface area contributed by atoms with Gasteiger partial charge in [0.1, 0.15) is 10.9 Å². The number of primary sulfonamides is 1. The van der Waals surface area contributed by atoms with E-state index in [4.69, 9.17) is 9.88 Å². The summed E-state index contributed by atoms with van der Waals surface area (Å²) < 4.78 is 27.0. The van der Waals surface area contributed by atoms with Gasteiger partial charge in [0, 0.05) is 26.1 Å². The number of amides is 2. The number of nitrogens with zero attached hydrogens (tertiary/aromatic N) is 1. The van der Waals surface area contributed by atoms with Crippen molar-refractivity contribution in [2.45, 2.75) is 38.0 Å². The van der Waals surface area contributed by atoms with Crippen LogP contribution in [0.15, 0.2) is 0 Å². The number of alkyl carbamates (subject to hydrolysis) is 1. The van der Waals surface area contributed by atoms with Crippen LogP contribution in [0.5, 0.6) is 0 Å². The van der Waals surface area contributed by atoms with Crippen molar-refractivity contribution in [3.8, 4) is 0 Å². The van der Waals surface area contributed by atoms with Crippen LogP contribution < -0.4 is 10.5 Å². The molecule has 0 aromatic rings. The van der Waals surface area contributed by atoms with Gasteiger partial charge in [0.25, 0.3) is 0 Å². The summed E-state index contributed by atoms with van der Waals surface area (Å²) in [5.74, 6) is -0.221. The highest BCUT2D eigenvalue weighted by Gasteiger charge is 2.37. The fourth-order valence-electron chi connectivity index (χ4n) is 1.59. The van der Waals surface area contributed by atoms with Crippen molar-refractivity contribution >= 4 is 22.0 Å². The highest BCUT2D eigenvalue weighted by molar-refractivity contribution is 7.89. The Hall–Kier alpha value is -1.35. The molecule has 0 bridgehead atoms. The monoisotopic (exact) mass is 307 g/mol. The molecule has 20 heavy (non-hydrogen) atoms. The minimum Gasteiger partial charge on any atom is -0.444 e. The zero-order valence-corrected chi connectivity index (χ0v) is 12.7. The summed E-state index contributed by atoms with van der Waals surface area (Å²) in [6.45, 7) is 5.60. The van der Waals surface area contributed by atoms with Gasteiger partial charge in [-0.1, -0.05) is 0 Å². The number of hydrogen-bond acceptors (Lipinski definition) is 5. The van der Waals surface area contributed by atoms with E-state index in [2.05, 4.69) is 5.32 Å². The number of nitrogens with one attached hydrogen (secondary N) is 1. The van der Waals surface area contributed by atoms with Gasteiger partial charge in [-0.3, -0.25) is 4.79 Å². The van der Waals surface area contributed by atoms with Crippen LogP contribution in [-0.4, -0.2) is 55.8 Å². The molecule has 0 unspecified atom stereocenters. The number of sulfonamides is 1. The second kappa shape index (κ2) is 5.96. The van der Waals surface area contributed by atoms with Crippen molar-refractivity contribution in [3.63, 3.8) is 0 Å². The van der Waals surface area contributed by atoms with E-state index in [0.29, 0.717) is 0 Å². The Morgan fingerprint density at radius 2 is 1.90 bits per heavy atom. The van der Waals surface area contributed by atoms with Gasteiger partial charge in [0.05, 0.1) is 0 Å². The van der Waals surface area contributed by atoms with Gasteiger partial charge in [-0.15, -0.1) is 0 Å². The molecular formula is C11H21N3O5S. The van der Waals surface area contributed by atoms with Crippen LogP contribution in [0, 0.1) is 0 Å². The molecule has 116 valence electrons. The van der Waals surface area contributed by atoms with Crippen LogP contribution in [0.25, 0.3) is 0 Å². The number of rotatable bonds is 4. The molecule has 0 radical (unpaired) electrons. The summed E-state index contributed by atoms with van der Waals surface area (Å²) in [4.78, 5) is 24.4. The van der Waals surface area contributed by atoms with Gasteiger partial charge >= 0.3 is 6.09 Å². The number of nitrogens with two attached hydrogens (primary N) is 1. The molecule has 0 saturated carbocycles. The lowest BCUT2D eigenvalue weighted by Crippen LogP contribution is -2.58. The summed E-state index contributed by atoms with van der Waals surface area (Å²) in [6, 6.07) is 0. The van der Waals surface area contributed by atoms with Crippen LogP contribution >= 0.6 is 0 Å². The molecule has 1 heterocycles. The number of carbonyl (C=O) groups is 2. The largest absolute Gasteiger partial charge is 0.444 e. The molecule has 0 aromatic carbocycles. The Labute approximate surface area is 118 Å². The summed E-state index contributed by atoms with van der Waals surface area (Å²) in [5.41, 5.74) is -0.589. The van der Waals surface area contributed by atoms with E-state index in [-0.39, 0.29) is 32.0 Å². The average molecular weight is 307 g/mol. The van der Waals surface area contributed by atoms with Crippen LogP contribution in [0.3, 0.4) is 0 Å². The molecule has 1 aliphatic rings. The molecule has 0 atom stereocenters. The molecule has 1 fully saturated rings. The Bertz CT molecular complexity index is 477. The summed E-state index contributed by atoms with van der Waals surface area (Å²) >= 11 is 0. The maximum atomic E-state index is 11.7. The maximum absolute atomic E-state index is 11.7. The third kappa shape index (κ3) is 5.33. The molecule has 0 spiro atoms. The molecule has 1 saturated heterocycles. The molecule has 9 heteroatoms. The Morgan fingerprint density at radius 1 is 1.35 bits per heavy atom. The lowest BCUT2D eigenvalue weighted by molar-refractivity contribution is -0.134. The summed E-state index contributed by atoms with van der Waals surface area (Å²) in [5, 5.41) is 6.75. The van der Waals surface area contributed by atoms with E-state index in [1.165, 1.54) is 4.90 Å². The Morgan fingerprint density at radius 3 is 2.35 bits per heavy atom. The van der Waals surface area contributed by atoms with Crippen molar-refractivity contribution in [1.29, 1.82) is 0 Å². The first-order valence-electron chi connectivity index (χ1n) is 6.25. The second-order valence-corrected chi connectivity index (χ2v) is 7.53. The van der Waals surface area contributed by atoms with Crippen LogP contribution in [0.2, 0.25) is 0 Å². The Kier molecular flexibility index (Phi) is 4.98. The van der Waals surface area contributed by atoms with Crippen LogP contribution in [0.1, 0.15) is 27.2 Å². The maximum Gasteiger partial charge on any atom is 0.407 e. The first-order valence-corrected chi connectivity index (χ1v) is 7.86. The smallest absolute Gasteiger partial charge is 0.407 e. The second-order valence-electron chi connectivity index (χ2n) is 5.69. The fourth-order valence-corrected chi connectivity index (χ4v) is 2.37.